The molecule has 0 bridgehead atoms. The first kappa shape index (κ1) is 13.7. The van der Waals surface area contributed by atoms with Crippen LogP contribution in [0.1, 0.15) is 24.8 Å². The first-order valence-electron chi connectivity index (χ1n) is 4.98. The van der Waals surface area contributed by atoms with Crippen molar-refractivity contribution in [2.24, 2.45) is 5.73 Å². The molecule has 0 aliphatic heterocycles. The van der Waals surface area contributed by atoms with E-state index in [1.165, 1.54) is 0 Å². The Hall–Kier alpha value is -0.390. The second-order valence-corrected chi connectivity index (χ2v) is 4.54. The zero-order chi connectivity index (χ0) is 12.0. The SMILES string of the molecule is NCCCCC#Cc1c(Cl)cc(Cl)cc1Cl. The van der Waals surface area contributed by atoms with Crippen molar-refractivity contribution < 1.29 is 0 Å². The monoisotopic (exact) mass is 275 g/mol. The summed E-state index contributed by atoms with van der Waals surface area (Å²) in [7, 11) is 0. The maximum atomic E-state index is 5.98. The second-order valence-electron chi connectivity index (χ2n) is 3.29. The summed E-state index contributed by atoms with van der Waals surface area (Å²) in [5, 5.41) is 1.50. The van der Waals surface area contributed by atoms with E-state index in [4.69, 9.17) is 40.5 Å². The largest absolute Gasteiger partial charge is 0.330 e. The Balaban J connectivity index is 2.73. The van der Waals surface area contributed by atoms with Crippen molar-refractivity contribution in [3.05, 3.63) is 32.8 Å². The molecule has 0 saturated heterocycles. The Morgan fingerprint density at radius 2 is 1.69 bits per heavy atom. The van der Waals surface area contributed by atoms with Crippen LogP contribution in [-0.4, -0.2) is 6.54 Å². The fraction of sp³-hybridized carbons (Fsp3) is 0.333. The fourth-order valence-corrected chi connectivity index (χ4v) is 2.08. The summed E-state index contributed by atoms with van der Waals surface area (Å²) in [6.45, 7) is 0.699. The second kappa shape index (κ2) is 7.04. The average molecular weight is 277 g/mol. The van der Waals surface area contributed by atoms with Gasteiger partial charge in [0.25, 0.3) is 0 Å². The summed E-state index contributed by atoms with van der Waals surface area (Å²) in [4.78, 5) is 0. The van der Waals surface area contributed by atoms with Gasteiger partial charge in [0.1, 0.15) is 0 Å². The van der Waals surface area contributed by atoms with Crippen LogP contribution in [0.4, 0.5) is 0 Å². The molecule has 0 aliphatic rings. The molecule has 1 nitrogen and oxygen atoms in total. The highest BCUT2D eigenvalue weighted by Gasteiger charge is 2.04. The van der Waals surface area contributed by atoms with Crippen molar-refractivity contribution in [3.63, 3.8) is 0 Å². The molecule has 16 heavy (non-hydrogen) atoms. The van der Waals surface area contributed by atoms with Crippen LogP contribution >= 0.6 is 34.8 Å². The summed E-state index contributed by atoms with van der Waals surface area (Å²) < 4.78 is 0. The van der Waals surface area contributed by atoms with Gasteiger partial charge in [-0.1, -0.05) is 46.6 Å². The minimum Gasteiger partial charge on any atom is -0.330 e. The Labute approximate surface area is 111 Å². The van der Waals surface area contributed by atoms with E-state index < -0.39 is 0 Å². The third kappa shape index (κ3) is 4.23. The molecule has 1 aromatic rings. The van der Waals surface area contributed by atoms with E-state index in [9.17, 15) is 0 Å². The maximum absolute atomic E-state index is 5.98. The summed E-state index contributed by atoms with van der Waals surface area (Å²) in [6.07, 6.45) is 2.77. The van der Waals surface area contributed by atoms with Crippen LogP contribution in [0.3, 0.4) is 0 Å². The van der Waals surface area contributed by atoms with Gasteiger partial charge in [-0.3, -0.25) is 0 Å². The smallest absolute Gasteiger partial charge is 0.0619 e. The number of hydrogen-bond acceptors (Lipinski definition) is 1. The molecule has 1 aromatic carbocycles. The van der Waals surface area contributed by atoms with Crippen LogP contribution in [0.5, 0.6) is 0 Å². The molecule has 0 aromatic heterocycles. The van der Waals surface area contributed by atoms with E-state index in [0.717, 1.165) is 19.3 Å². The topological polar surface area (TPSA) is 26.0 Å². The summed E-state index contributed by atoms with van der Waals surface area (Å²) >= 11 is 17.8. The number of halogens is 3. The standard InChI is InChI=1S/C12H12Cl3N/c13-9-7-11(14)10(12(15)8-9)5-3-1-2-4-6-16/h7-8H,1-2,4,6,16H2. The van der Waals surface area contributed by atoms with Crippen LogP contribution < -0.4 is 5.73 Å². The predicted molar refractivity (Wildman–Crippen MR) is 71.3 cm³/mol. The van der Waals surface area contributed by atoms with E-state index in [1.807, 2.05) is 0 Å². The quantitative estimate of drug-likeness (QED) is 0.652. The van der Waals surface area contributed by atoms with Crippen molar-refractivity contribution in [2.45, 2.75) is 19.3 Å². The van der Waals surface area contributed by atoms with Crippen LogP contribution in [0, 0.1) is 11.8 Å². The average Bonchev–Trinajstić information content (AvgIpc) is 2.20. The van der Waals surface area contributed by atoms with Gasteiger partial charge in [-0.05, 0) is 31.5 Å². The van der Waals surface area contributed by atoms with E-state index >= 15 is 0 Å². The maximum Gasteiger partial charge on any atom is 0.0619 e. The van der Waals surface area contributed by atoms with Crippen LogP contribution in [-0.2, 0) is 0 Å². The molecule has 0 aliphatic carbocycles. The minimum atomic E-state index is 0.490. The van der Waals surface area contributed by atoms with Crippen molar-refractivity contribution in [1.29, 1.82) is 0 Å². The number of hydrogen-bond donors (Lipinski definition) is 1. The van der Waals surface area contributed by atoms with Gasteiger partial charge >= 0.3 is 0 Å². The molecule has 0 saturated carbocycles. The van der Waals surface area contributed by atoms with Gasteiger partial charge in [0, 0.05) is 11.4 Å². The molecule has 0 fully saturated rings. The van der Waals surface area contributed by atoms with E-state index in [1.54, 1.807) is 12.1 Å². The summed E-state index contributed by atoms with van der Waals surface area (Å²) in [5.41, 5.74) is 6.02. The van der Waals surface area contributed by atoms with Gasteiger partial charge in [0.2, 0.25) is 0 Å². The zero-order valence-corrected chi connectivity index (χ0v) is 11.0. The minimum absolute atomic E-state index is 0.490. The molecular formula is C12H12Cl3N. The lowest BCUT2D eigenvalue weighted by Gasteiger charge is -2.00. The zero-order valence-electron chi connectivity index (χ0n) is 8.69. The predicted octanol–water partition coefficient (Wildman–Crippen LogP) is 4.13. The van der Waals surface area contributed by atoms with Gasteiger partial charge in [0.05, 0.1) is 15.6 Å². The first-order valence-corrected chi connectivity index (χ1v) is 6.12. The lowest BCUT2D eigenvalue weighted by molar-refractivity contribution is 0.768. The summed E-state index contributed by atoms with van der Waals surface area (Å²) in [6, 6.07) is 3.28. The number of nitrogens with two attached hydrogens (primary N) is 1. The third-order valence-corrected chi connectivity index (χ3v) is 2.79. The molecule has 0 spiro atoms. The molecule has 0 heterocycles. The highest BCUT2D eigenvalue weighted by molar-refractivity contribution is 6.39. The summed E-state index contributed by atoms with van der Waals surface area (Å²) in [5.74, 6) is 5.97. The number of benzene rings is 1. The third-order valence-electron chi connectivity index (χ3n) is 1.98. The van der Waals surface area contributed by atoms with Gasteiger partial charge in [-0.15, -0.1) is 0 Å². The first-order chi connectivity index (χ1) is 7.65. The van der Waals surface area contributed by atoms with Crippen LogP contribution in [0.15, 0.2) is 12.1 Å². The Morgan fingerprint density at radius 1 is 1.06 bits per heavy atom. The molecule has 0 amide bonds. The van der Waals surface area contributed by atoms with E-state index in [0.29, 0.717) is 27.2 Å². The highest BCUT2D eigenvalue weighted by atomic mass is 35.5. The van der Waals surface area contributed by atoms with Crippen molar-refractivity contribution >= 4 is 34.8 Å². The molecule has 0 unspecified atom stereocenters. The van der Waals surface area contributed by atoms with Gasteiger partial charge in [-0.25, -0.2) is 0 Å². The Kier molecular flexibility index (Phi) is 6.01. The molecule has 4 heteroatoms. The molecule has 2 N–H and O–H groups in total. The Morgan fingerprint density at radius 3 is 2.25 bits per heavy atom. The number of unbranched alkanes of at least 4 members (excludes halogenated alkanes) is 2. The molecule has 86 valence electrons. The van der Waals surface area contributed by atoms with E-state index in [-0.39, 0.29) is 0 Å². The Bertz CT molecular complexity index is 395. The molecular weight excluding hydrogens is 264 g/mol. The van der Waals surface area contributed by atoms with E-state index in [2.05, 4.69) is 11.8 Å². The normalized spacial score (nSPS) is 9.75. The van der Waals surface area contributed by atoms with Crippen LogP contribution in [0.2, 0.25) is 15.1 Å². The highest BCUT2D eigenvalue weighted by Crippen LogP contribution is 2.28. The number of rotatable bonds is 3. The lowest BCUT2D eigenvalue weighted by Crippen LogP contribution is -1.96. The van der Waals surface area contributed by atoms with Crippen molar-refractivity contribution in [1.82, 2.24) is 0 Å². The molecule has 1 rings (SSSR count). The molecule has 0 radical (unpaired) electrons. The lowest BCUT2D eigenvalue weighted by atomic mass is 10.2. The fourth-order valence-electron chi connectivity index (χ4n) is 1.17. The van der Waals surface area contributed by atoms with Gasteiger partial charge in [0.15, 0.2) is 0 Å². The van der Waals surface area contributed by atoms with Crippen molar-refractivity contribution in [3.8, 4) is 11.8 Å². The van der Waals surface area contributed by atoms with Crippen molar-refractivity contribution in [2.75, 3.05) is 6.54 Å². The van der Waals surface area contributed by atoms with Gasteiger partial charge < -0.3 is 5.73 Å². The van der Waals surface area contributed by atoms with Gasteiger partial charge in [-0.2, -0.15) is 0 Å². The van der Waals surface area contributed by atoms with Crippen LogP contribution in [0.25, 0.3) is 0 Å². The molecule has 0 atom stereocenters.